The molecule has 94 valence electrons. The Balaban J connectivity index is 2.63. The van der Waals surface area contributed by atoms with Gasteiger partial charge < -0.3 is 4.98 Å². The maximum atomic E-state index is 13.4. The highest BCUT2D eigenvalue weighted by molar-refractivity contribution is 7.71. The fraction of sp³-hybridized carbons (Fsp3) is 0.100. The van der Waals surface area contributed by atoms with E-state index in [0.29, 0.717) is 6.07 Å². The van der Waals surface area contributed by atoms with E-state index in [-0.39, 0.29) is 16.0 Å². The van der Waals surface area contributed by atoms with Crippen LogP contribution >= 0.6 is 12.2 Å². The maximum Gasteiger partial charge on any atom is 0.431 e. The standard InChI is InChI=1S/C10H5F4N3S/c11-6-4-15-2-1-5(6)7-3-8(10(12,13)14)17-9(18)16-7/h1-4H,(H,16,17,18). The molecule has 2 heterocycles. The van der Waals surface area contributed by atoms with Crippen LogP contribution in [0.2, 0.25) is 0 Å². The molecule has 2 aromatic rings. The fourth-order valence-electron chi connectivity index (χ4n) is 1.33. The Morgan fingerprint density at radius 3 is 2.61 bits per heavy atom. The summed E-state index contributed by atoms with van der Waals surface area (Å²) in [6, 6.07) is 1.93. The van der Waals surface area contributed by atoms with E-state index in [2.05, 4.69) is 22.2 Å². The molecule has 1 N–H and O–H groups in total. The number of alkyl halides is 3. The lowest BCUT2D eigenvalue weighted by atomic mass is 10.1. The molecule has 0 amide bonds. The van der Waals surface area contributed by atoms with E-state index in [1.54, 1.807) is 0 Å². The molecule has 0 fully saturated rings. The van der Waals surface area contributed by atoms with Crippen LogP contribution in [0.15, 0.2) is 24.5 Å². The van der Waals surface area contributed by atoms with Gasteiger partial charge in [-0.1, -0.05) is 0 Å². The molecule has 2 rings (SSSR count). The Labute approximate surface area is 104 Å². The Morgan fingerprint density at radius 2 is 2.00 bits per heavy atom. The molecular formula is C10H5F4N3S. The molecule has 3 nitrogen and oxygen atoms in total. The SMILES string of the molecule is Fc1cnccc1-c1cc(C(F)(F)F)[nH]c(=S)n1. The molecule has 0 spiro atoms. The van der Waals surface area contributed by atoms with E-state index in [9.17, 15) is 17.6 Å². The minimum absolute atomic E-state index is 0.0874. The molecular weight excluding hydrogens is 270 g/mol. The molecule has 0 aliphatic rings. The van der Waals surface area contributed by atoms with Crippen LogP contribution in [0.5, 0.6) is 0 Å². The van der Waals surface area contributed by atoms with Crippen molar-refractivity contribution in [3.63, 3.8) is 0 Å². The van der Waals surface area contributed by atoms with Crippen molar-refractivity contribution >= 4 is 12.2 Å². The van der Waals surface area contributed by atoms with Gasteiger partial charge in [0.25, 0.3) is 0 Å². The molecule has 0 radical (unpaired) electrons. The second-order valence-corrected chi connectivity index (χ2v) is 3.73. The summed E-state index contributed by atoms with van der Waals surface area (Å²) in [5, 5.41) is 0. The smallest absolute Gasteiger partial charge is 0.327 e. The van der Waals surface area contributed by atoms with Crippen molar-refractivity contribution in [1.29, 1.82) is 0 Å². The number of aromatic nitrogens is 3. The highest BCUT2D eigenvalue weighted by atomic mass is 32.1. The number of hydrogen-bond donors (Lipinski definition) is 1. The summed E-state index contributed by atoms with van der Waals surface area (Å²) < 4.78 is 50.7. The Kier molecular flexibility index (Phi) is 3.12. The van der Waals surface area contributed by atoms with Crippen LogP contribution in [0.3, 0.4) is 0 Å². The van der Waals surface area contributed by atoms with Gasteiger partial charge in [-0.15, -0.1) is 0 Å². The zero-order chi connectivity index (χ0) is 13.3. The first-order valence-corrected chi connectivity index (χ1v) is 5.07. The number of nitrogens with one attached hydrogen (secondary N) is 1. The third-order valence-corrected chi connectivity index (χ3v) is 2.29. The van der Waals surface area contributed by atoms with Gasteiger partial charge in [0.1, 0.15) is 5.69 Å². The first kappa shape index (κ1) is 12.6. The summed E-state index contributed by atoms with van der Waals surface area (Å²) in [5.74, 6) is -0.765. The van der Waals surface area contributed by atoms with Gasteiger partial charge in [-0.25, -0.2) is 9.37 Å². The summed E-state index contributed by atoms with van der Waals surface area (Å²) in [7, 11) is 0. The second kappa shape index (κ2) is 4.45. The van der Waals surface area contributed by atoms with Crippen molar-refractivity contribution in [3.8, 4) is 11.3 Å². The Morgan fingerprint density at radius 1 is 1.28 bits per heavy atom. The Bertz CT molecular complexity index is 636. The van der Waals surface area contributed by atoms with Crippen molar-refractivity contribution in [2.24, 2.45) is 0 Å². The molecule has 0 atom stereocenters. The van der Waals surface area contributed by atoms with Gasteiger partial charge in [-0.2, -0.15) is 13.2 Å². The van der Waals surface area contributed by atoms with Gasteiger partial charge in [0, 0.05) is 11.8 Å². The number of pyridine rings is 1. The van der Waals surface area contributed by atoms with Gasteiger partial charge in [0.2, 0.25) is 0 Å². The van der Waals surface area contributed by atoms with Gasteiger partial charge in [-0.3, -0.25) is 4.98 Å². The van der Waals surface area contributed by atoms with Crippen LogP contribution in [0, 0.1) is 10.6 Å². The predicted molar refractivity (Wildman–Crippen MR) is 57.6 cm³/mol. The molecule has 0 saturated heterocycles. The maximum absolute atomic E-state index is 13.4. The molecule has 0 aliphatic carbocycles. The monoisotopic (exact) mass is 275 g/mol. The van der Waals surface area contributed by atoms with Crippen molar-refractivity contribution in [2.45, 2.75) is 6.18 Å². The van der Waals surface area contributed by atoms with Crippen LogP contribution in [0.4, 0.5) is 17.6 Å². The van der Waals surface area contributed by atoms with Crippen LogP contribution in [-0.4, -0.2) is 15.0 Å². The zero-order valence-corrected chi connectivity index (χ0v) is 9.44. The van der Waals surface area contributed by atoms with Gasteiger partial charge in [-0.05, 0) is 24.4 Å². The molecule has 0 bridgehead atoms. The topological polar surface area (TPSA) is 41.6 Å². The number of aromatic amines is 1. The largest absolute Gasteiger partial charge is 0.431 e. The van der Waals surface area contributed by atoms with Crippen molar-refractivity contribution in [1.82, 2.24) is 15.0 Å². The molecule has 0 aliphatic heterocycles. The number of hydrogen-bond acceptors (Lipinski definition) is 3. The van der Waals surface area contributed by atoms with Gasteiger partial charge in [0.05, 0.1) is 11.9 Å². The van der Waals surface area contributed by atoms with Crippen LogP contribution in [0.1, 0.15) is 5.69 Å². The predicted octanol–water partition coefficient (Wildman–Crippen LogP) is 3.36. The van der Waals surface area contributed by atoms with Crippen molar-refractivity contribution in [2.75, 3.05) is 0 Å². The average Bonchev–Trinajstić information content (AvgIpc) is 2.27. The summed E-state index contributed by atoms with van der Waals surface area (Å²) >= 11 is 4.59. The van der Waals surface area contributed by atoms with E-state index >= 15 is 0 Å². The van der Waals surface area contributed by atoms with E-state index in [1.165, 1.54) is 12.3 Å². The number of H-pyrrole nitrogens is 1. The van der Waals surface area contributed by atoms with Crippen LogP contribution < -0.4 is 0 Å². The highest BCUT2D eigenvalue weighted by Crippen LogP contribution is 2.30. The molecule has 2 aromatic heterocycles. The molecule has 0 aromatic carbocycles. The lowest BCUT2D eigenvalue weighted by Crippen LogP contribution is -2.09. The van der Waals surface area contributed by atoms with E-state index in [4.69, 9.17) is 0 Å². The van der Waals surface area contributed by atoms with Crippen LogP contribution in [0.25, 0.3) is 11.3 Å². The number of rotatable bonds is 1. The third-order valence-electron chi connectivity index (χ3n) is 2.10. The first-order valence-electron chi connectivity index (χ1n) is 4.66. The van der Waals surface area contributed by atoms with Gasteiger partial charge in [0.15, 0.2) is 10.6 Å². The fourth-order valence-corrected chi connectivity index (χ4v) is 1.54. The van der Waals surface area contributed by atoms with E-state index in [0.717, 1.165) is 6.20 Å². The van der Waals surface area contributed by atoms with Crippen LogP contribution in [-0.2, 0) is 6.18 Å². The van der Waals surface area contributed by atoms with Crippen molar-refractivity contribution < 1.29 is 17.6 Å². The molecule has 18 heavy (non-hydrogen) atoms. The average molecular weight is 275 g/mol. The summed E-state index contributed by atoms with van der Waals surface area (Å²) in [6.07, 6.45) is -2.45. The minimum atomic E-state index is -4.60. The molecule has 8 heteroatoms. The summed E-state index contributed by atoms with van der Waals surface area (Å²) in [6.45, 7) is 0. The quantitative estimate of drug-likeness (QED) is 0.641. The van der Waals surface area contributed by atoms with E-state index < -0.39 is 17.7 Å². The lowest BCUT2D eigenvalue weighted by Gasteiger charge is -2.08. The highest BCUT2D eigenvalue weighted by Gasteiger charge is 2.32. The molecule has 0 unspecified atom stereocenters. The third kappa shape index (κ3) is 2.53. The molecule has 0 saturated carbocycles. The summed E-state index contributed by atoms with van der Waals surface area (Å²) in [5.41, 5.74) is -1.35. The number of nitrogens with zero attached hydrogens (tertiary/aromatic N) is 2. The van der Waals surface area contributed by atoms with E-state index in [1.807, 2.05) is 4.98 Å². The summed E-state index contributed by atoms with van der Waals surface area (Å²) in [4.78, 5) is 9.09. The first-order chi connectivity index (χ1) is 8.38. The van der Waals surface area contributed by atoms with Crippen molar-refractivity contribution in [3.05, 3.63) is 40.8 Å². The Hall–Kier alpha value is -1.83. The van der Waals surface area contributed by atoms with Gasteiger partial charge >= 0.3 is 6.18 Å². The minimum Gasteiger partial charge on any atom is -0.327 e. The number of halogens is 4. The zero-order valence-electron chi connectivity index (χ0n) is 8.62. The normalized spacial score (nSPS) is 11.6. The lowest BCUT2D eigenvalue weighted by molar-refractivity contribution is -0.141. The second-order valence-electron chi connectivity index (χ2n) is 3.34.